The van der Waals surface area contributed by atoms with E-state index in [0.717, 1.165) is 24.9 Å². The normalized spacial score (nSPS) is 17.4. The predicted octanol–water partition coefficient (Wildman–Crippen LogP) is 4.33. The molecule has 120 valence electrons. The van der Waals surface area contributed by atoms with E-state index in [1.807, 2.05) is 23.7 Å². The summed E-state index contributed by atoms with van der Waals surface area (Å²) in [5.41, 5.74) is 3.67. The molecule has 4 aromatic rings. The SMILES string of the molecule is c1ccc2sc(SNC3CCc4c(cnc5[nH]ncc45)C3)cc2c1. The van der Waals surface area contributed by atoms with Gasteiger partial charge in [-0.15, -0.1) is 11.3 Å². The van der Waals surface area contributed by atoms with E-state index in [1.165, 1.54) is 30.8 Å². The quantitative estimate of drug-likeness (QED) is 0.539. The number of aryl methyl sites for hydroxylation is 1. The number of thiophene rings is 1. The molecule has 2 N–H and O–H groups in total. The highest BCUT2D eigenvalue weighted by Gasteiger charge is 2.21. The summed E-state index contributed by atoms with van der Waals surface area (Å²) in [6.45, 7) is 0. The number of hydrogen-bond donors (Lipinski definition) is 2. The van der Waals surface area contributed by atoms with Gasteiger partial charge in [-0.05, 0) is 59.9 Å². The summed E-state index contributed by atoms with van der Waals surface area (Å²) >= 11 is 3.61. The number of rotatable bonds is 3. The van der Waals surface area contributed by atoms with Gasteiger partial charge in [0.25, 0.3) is 0 Å². The first-order valence-electron chi connectivity index (χ1n) is 8.07. The van der Waals surface area contributed by atoms with Gasteiger partial charge in [-0.3, -0.25) is 9.82 Å². The van der Waals surface area contributed by atoms with E-state index >= 15 is 0 Å². The minimum absolute atomic E-state index is 0.485. The highest BCUT2D eigenvalue weighted by molar-refractivity contribution is 7.99. The van der Waals surface area contributed by atoms with Crippen LogP contribution in [0.2, 0.25) is 0 Å². The molecule has 0 saturated carbocycles. The minimum Gasteiger partial charge on any atom is -0.261 e. The third kappa shape index (κ3) is 2.51. The Hall–Kier alpha value is -1.89. The largest absolute Gasteiger partial charge is 0.261 e. The molecule has 5 rings (SSSR count). The number of aromatic amines is 1. The second-order valence-electron chi connectivity index (χ2n) is 6.16. The summed E-state index contributed by atoms with van der Waals surface area (Å²) in [7, 11) is 0. The fourth-order valence-electron chi connectivity index (χ4n) is 3.40. The van der Waals surface area contributed by atoms with Crippen molar-refractivity contribution in [3.8, 4) is 0 Å². The topological polar surface area (TPSA) is 53.6 Å². The molecule has 1 atom stereocenters. The predicted molar refractivity (Wildman–Crippen MR) is 101 cm³/mol. The number of aromatic nitrogens is 3. The molecule has 0 aliphatic heterocycles. The average Bonchev–Trinajstić information content (AvgIpc) is 3.25. The Morgan fingerprint density at radius 1 is 1.25 bits per heavy atom. The molecule has 0 amide bonds. The molecule has 0 fully saturated rings. The lowest BCUT2D eigenvalue weighted by Crippen LogP contribution is -2.30. The Balaban J connectivity index is 1.32. The lowest BCUT2D eigenvalue weighted by atomic mass is 9.88. The summed E-state index contributed by atoms with van der Waals surface area (Å²) < 4.78 is 6.33. The smallest absolute Gasteiger partial charge is 0.155 e. The van der Waals surface area contributed by atoms with Gasteiger partial charge in [0.15, 0.2) is 5.65 Å². The third-order valence-electron chi connectivity index (χ3n) is 4.62. The maximum Gasteiger partial charge on any atom is 0.155 e. The summed E-state index contributed by atoms with van der Waals surface area (Å²) in [5.74, 6) is 0. The molecule has 1 unspecified atom stereocenters. The van der Waals surface area contributed by atoms with Gasteiger partial charge in [-0.2, -0.15) is 5.10 Å². The van der Waals surface area contributed by atoms with Crippen molar-refractivity contribution >= 4 is 44.4 Å². The number of benzene rings is 1. The van der Waals surface area contributed by atoms with Crippen LogP contribution in [-0.2, 0) is 12.8 Å². The Morgan fingerprint density at radius 2 is 2.21 bits per heavy atom. The molecule has 24 heavy (non-hydrogen) atoms. The van der Waals surface area contributed by atoms with Gasteiger partial charge in [0.1, 0.15) is 0 Å². The zero-order chi connectivity index (χ0) is 15.9. The minimum atomic E-state index is 0.485. The molecule has 6 heteroatoms. The van der Waals surface area contributed by atoms with Crippen molar-refractivity contribution in [2.24, 2.45) is 0 Å². The van der Waals surface area contributed by atoms with Crippen molar-refractivity contribution in [1.82, 2.24) is 19.9 Å². The van der Waals surface area contributed by atoms with Gasteiger partial charge >= 0.3 is 0 Å². The Bertz CT molecular complexity index is 987. The number of nitrogens with zero attached hydrogens (tertiary/aromatic N) is 2. The van der Waals surface area contributed by atoms with Gasteiger partial charge in [0, 0.05) is 22.3 Å². The lowest BCUT2D eigenvalue weighted by molar-refractivity contribution is 0.547. The van der Waals surface area contributed by atoms with Crippen LogP contribution in [0, 0.1) is 0 Å². The lowest BCUT2D eigenvalue weighted by Gasteiger charge is -2.24. The van der Waals surface area contributed by atoms with E-state index in [4.69, 9.17) is 0 Å². The number of H-pyrrole nitrogens is 1. The molecule has 0 radical (unpaired) electrons. The molecule has 3 heterocycles. The molecule has 0 spiro atoms. The number of hydrogen-bond acceptors (Lipinski definition) is 5. The number of fused-ring (bicyclic) bond motifs is 4. The van der Waals surface area contributed by atoms with Gasteiger partial charge in [0.05, 0.1) is 10.4 Å². The molecule has 1 aliphatic rings. The van der Waals surface area contributed by atoms with E-state index in [2.05, 4.69) is 50.2 Å². The van der Waals surface area contributed by atoms with Crippen molar-refractivity contribution in [1.29, 1.82) is 0 Å². The monoisotopic (exact) mass is 352 g/mol. The van der Waals surface area contributed by atoms with Gasteiger partial charge in [0.2, 0.25) is 0 Å². The summed E-state index contributed by atoms with van der Waals surface area (Å²) in [5, 5.41) is 9.59. The summed E-state index contributed by atoms with van der Waals surface area (Å²) in [6.07, 6.45) is 7.17. The van der Waals surface area contributed by atoms with Crippen molar-refractivity contribution in [2.75, 3.05) is 0 Å². The van der Waals surface area contributed by atoms with Gasteiger partial charge in [-0.1, -0.05) is 18.2 Å². The van der Waals surface area contributed by atoms with Crippen molar-refractivity contribution < 1.29 is 0 Å². The molecule has 1 aliphatic carbocycles. The molecule has 1 aromatic carbocycles. The zero-order valence-electron chi connectivity index (χ0n) is 13.0. The average molecular weight is 352 g/mol. The zero-order valence-corrected chi connectivity index (χ0v) is 14.6. The van der Waals surface area contributed by atoms with Crippen molar-refractivity contribution in [2.45, 2.75) is 29.5 Å². The second kappa shape index (κ2) is 5.88. The molecule has 3 aromatic heterocycles. The van der Waals surface area contributed by atoms with E-state index in [9.17, 15) is 0 Å². The van der Waals surface area contributed by atoms with E-state index in [-0.39, 0.29) is 0 Å². The van der Waals surface area contributed by atoms with Crippen LogP contribution in [0.4, 0.5) is 0 Å². The second-order valence-corrected chi connectivity index (χ2v) is 8.38. The molecule has 4 nitrogen and oxygen atoms in total. The first kappa shape index (κ1) is 14.5. The highest BCUT2D eigenvalue weighted by Crippen LogP contribution is 2.33. The first-order valence-corrected chi connectivity index (χ1v) is 9.71. The van der Waals surface area contributed by atoms with Gasteiger partial charge in [-0.25, -0.2) is 4.98 Å². The highest BCUT2D eigenvalue weighted by atomic mass is 32.2. The van der Waals surface area contributed by atoms with Crippen LogP contribution in [0.3, 0.4) is 0 Å². The summed E-state index contributed by atoms with van der Waals surface area (Å²) in [4.78, 5) is 4.49. The van der Waals surface area contributed by atoms with Crippen LogP contribution >= 0.6 is 23.3 Å². The Kier molecular flexibility index (Phi) is 3.54. The van der Waals surface area contributed by atoms with E-state index < -0.39 is 0 Å². The van der Waals surface area contributed by atoms with E-state index in [1.54, 1.807) is 11.9 Å². The van der Waals surface area contributed by atoms with Crippen LogP contribution in [0.15, 0.2) is 46.9 Å². The van der Waals surface area contributed by atoms with Gasteiger partial charge < -0.3 is 0 Å². The van der Waals surface area contributed by atoms with Crippen LogP contribution in [0.1, 0.15) is 17.5 Å². The van der Waals surface area contributed by atoms with Crippen molar-refractivity contribution in [3.05, 3.63) is 53.9 Å². The van der Waals surface area contributed by atoms with E-state index in [0.29, 0.717) is 6.04 Å². The fourth-order valence-corrected chi connectivity index (χ4v) is 5.44. The summed E-state index contributed by atoms with van der Waals surface area (Å²) in [6, 6.07) is 11.3. The fraction of sp³-hybridized carbons (Fsp3) is 0.222. The van der Waals surface area contributed by atoms with Crippen LogP contribution < -0.4 is 4.72 Å². The maximum atomic E-state index is 4.49. The van der Waals surface area contributed by atoms with Crippen LogP contribution in [0.5, 0.6) is 0 Å². The maximum absolute atomic E-state index is 4.49. The standard InChI is InChI=1S/C18H16N4S2/c1-2-4-16-11(3-1)8-17(23-16)24-22-13-5-6-14-12(7-13)9-19-18-15(14)10-20-21-18/h1-4,8-10,13,22H,5-7H2,(H,19,20,21). The number of nitrogens with one attached hydrogen (secondary N) is 2. The molecular weight excluding hydrogens is 336 g/mol. The van der Waals surface area contributed by atoms with Crippen LogP contribution in [0.25, 0.3) is 21.1 Å². The third-order valence-corrected chi connectivity index (χ3v) is 6.80. The Labute approximate surface area is 147 Å². The molecular formula is C18H16N4S2. The van der Waals surface area contributed by atoms with Crippen molar-refractivity contribution in [3.63, 3.8) is 0 Å². The molecule has 0 saturated heterocycles. The van der Waals surface area contributed by atoms with Crippen LogP contribution in [-0.4, -0.2) is 21.2 Å². The first-order chi connectivity index (χ1) is 11.9. The Morgan fingerprint density at radius 3 is 3.17 bits per heavy atom. The molecule has 0 bridgehead atoms. The number of pyridine rings is 1.